The minimum absolute atomic E-state index is 0. The molecular formula is C15H20ClFN2O3. The predicted molar refractivity (Wildman–Crippen MR) is 83.8 cm³/mol. The molecule has 7 heteroatoms. The number of carboxylic acid groups (broad SMARTS) is 1. The second kappa shape index (κ2) is 6.30. The number of aryl methyl sites for hydroxylation is 1. The van der Waals surface area contributed by atoms with Gasteiger partial charge in [0.25, 0.3) is 0 Å². The van der Waals surface area contributed by atoms with Crippen molar-refractivity contribution in [3.8, 4) is 5.75 Å². The van der Waals surface area contributed by atoms with Gasteiger partial charge in [-0.05, 0) is 25.1 Å². The van der Waals surface area contributed by atoms with Gasteiger partial charge in [-0.15, -0.1) is 12.4 Å². The van der Waals surface area contributed by atoms with Crippen LogP contribution >= 0.6 is 12.4 Å². The summed E-state index contributed by atoms with van der Waals surface area (Å²) in [6.45, 7) is 3.48. The van der Waals surface area contributed by atoms with Crippen LogP contribution < -0.4 is 9.64 Å². The van der Waals surface area contributed by atoms with Gasteiger partial charge >= 0.3 is 11.8 Å². The molecule has 0 bridgehead atoms. The van der Waals surface area contributed by atoms with E-state index in [1.165, 1.54) is 0 Å². The molecule has 0 aromatic heterocycles. The molecule has 1 atom stereocenters. The first kappa shape index (κ1) is 16.8. The van der Waals surface area contributed by atoms with Crippen LogP contribution in [0.3, 0.4) is 0 Å². The number of piperazine rings is 1. The van der Waals surface area contributed by atoms with Crippen LogP contribution in [-0.4, -0.2) is 55.1 Å². The van der Waals surface area contributed by atoms with E-state index in [1.807, 2.05) is 18.2 Å². The molecule has 2 aliphatic rings. The van der Waals surface area contributed by atoms with Gasteiger partial charge in [-0.25, -0.2) is 4.79 Å². The maximum Gasteiger partial charge on any atom is 0.382 e. The maximum atomic E-state index is 14.3. The zero-order valence-corrected chi connectivity index (χ0v) is 13.2. The van der Waals surface area contributed by atoms with E-state index in [0.29, 0.717) is 12.2 Å². The fraction of sp³-hybridized carbons (Fsp3) is 0.533. The highest BCUT2D eigenvalue weighted by molar-refractivity contribution is 5.85. The highest BCUT2D eigenvalue weighted by Gasteiger charge is 2.45. The van der Waals surface area contributed by atoms with Crippen LogP contribution in [0.4, 0.5) is 10.1 Å². The van der Waals surface area contributed by atoms with Gasteiger partial charge in [0.05, 0.1) is 5.69 Å². The summed E-state index contributed by atoms with van der Waals surface area (Å²) >= 11 is 0. The average Bonchev–Trinajstić information content (AvgIpc) is 2.47. The molecule has 0 spiro atoms. The lowest BCUT2D eigenvalue weighted by atomic mass is 9.99. The Kier molecular flexibility index (Phi) is 4.82. The van der Waals surface area contributed by atoms with Crippen molar-refractivity contribution in [1.29, 1.82) is 0 Å². The summed E-state index contributed by atoms with van der Waals surface area (Å²) in [5.41, 5.74) is 1.67. The van der Waals surface area contributed by atoms with Crippen molar-refractivity contribution in [2.45, 2.75) is 18.7 Å². The first-order valence-corrected chi connectivity index (χ1v) is 7.16. The third-order valence-corrected chi connectivity index (χ3v) is 4.22. The molecule has 1 N–H and O–H groups in total. The second-order valence-electron chi connectivity index (χ2n) is 5.69. The number of carbonyl (C=O) groups is 1. The van der Waals surface area contributed by atoms with Gasteiger partial charge in [0.2, 0.25) is 0 Å². The van der Waals surface area contributed by atoms with E-state index in [1.54, 1.807) is 0 Å². The van der Waals surface area contributed by atoms with E-state index in [4.69, 9.17) is 9.84 Å². The van der Waals surface area contributed by atoms with Crippen LogP contribution in [-0.2, 0) is 11.2 Å². The van der Waals surface area contributed by atoms with Gasteiger partial charge in [0.15, 0.2) is 5.75 Å². The number of hydrogen-bond acceptors (Lipinski definition) is 4. The molecule has 0 amide bonds. The molecule has 5 nitrogen and oxygen atoms in total. The first-order valence-electron chi connectivity index (χ1n) is 7.16. The van der Waals surface area contributed by atoms with Crippen molar-refractivity contribution < 1.29 is 19.0 Å². The molecule has 2 heterocycles. The molecule has 22 heavy (non-hydrogen) atoms. The predicted octanol–water partition coefficient (Wildman–Crippen LogP) is 1.94. The van der Waals surface area contributed by atoms with Crippen LogP contribution in [0.15, 0.2) is 18.2 Å². The Morgan fingerprint density at radius 3 is 2.64 bits per heavy atom. The number of alkyl halides is 1. The zero-order valence-electron chi connectivity index (χ0n) is 12.4. The van der Waals surface area contributed by atoms with Gasteiger partial charge in [0.1, 0.15) is 0 Å². The molecule has 0 aliphatic carbocycles. The van der Waals surface area contributed by atoms with Crippen LogP contribution in [0.25, 0.3) is 0 Å². The maximum absolute atomic E-state index is 14.3. The summed E-state index contributed by atoms with van der Waals surface area (Å²) in [4.78, 5) is 15.5. The normalized spacial score (nSPS) is 24.9. The number of carboxylic acids is 1. The van der Waals surface area contributed by atoms with Crippen molar-refractivity contribution in [3.63, 3.8) is 0 Å². The smallest absolute Gasteiger partial charge is 0.382 e. The molecular weight excluding hydrogens is 311 g/mol. The lowest BCUT2D eigenvalue weighted by Gasteiger charge is -2.37. The summed E-state index contributed by atoms with van der Waals surface area (Å²) in [6.07, 6.45) is 0.223. The van der Waals surface area contributed by atoms with Crippen LogP contribution in [0.5, 0.6) is 5.75 Å². The molecule has 122 valence electrons. The molecule has 2 aliphatic heterocycles. The van der Waals surface area contributed by atoms with E-state index in [9.17, 15) is 9.18 Å². The number of halogens is 2. The second-order valence-corrected chi connectivity index (χ2v) is 5.69. The van der Waals surface area contributed by atoms with Gasteiger partial charge in [0, 0.05) is 32.6 Å². The number of para-hydroxylation sites is 1. The van der Waals surface area contributed by atoms with E-state index in [2.05, 4.69) is 16.8 Å². The Morgan fingerprint density at radius 2 is 2.00 bits per heavy atom. The minimum Gasteiger partial charge on any atom is -0.476 e. The summed E-state index contributed by atoms with van der Waals surface area (Å²) in [6, 6.07) is 5.66. The third-order valence-electron chi connectivity index (χ3n) is 4.22. The largest absolute Gasteiger partial charge is 0.476 e. The van der Waals surface area contributed by atoms with Gasteiger partial charge < -0.3 is 19.6 Å². The Labute approximate surface area is 135 Å². The van der Waals surface area contributed by atoms with Crippen LogP contribution in [0.1, 0.15) is 12.0 Å². The SMILES string of the molecule is CN1CCN(c2cccc3c2OC(F)(C(=O)O)CC3)CC1.Cl. The third kappa shape index (κ3) is 2.98. The van der Waals surface area contributed by atoms with Crippen LogP contribution in [0, 0.1) is 0 Å². The number of anilines is 1. The van der Waals surface area contributed by atoms with Crippen molar-refractivity contribution in [3.05, 3.63) is 23.8 Å². The van der Waals surface area contributed by atoms with Crippen molar-refractivity contribution >= 4 is 24.1 Å². The molecule has 1 unspecified atom stereocenters. The van der Waals surface area contributed by atoms with Gasteiger partial charge in [-0.2, -0.15) is 4.39 Å². The van der Waals surface area contributed by atoms with E-state index < -0.39 is 11.8 Å². The van der Waals surface area contributed by atoms with Crippen molar-refractivity contribution in [1.82, 2.24) is 4.90 Å². The average molecular weight is 331 g/mol. The van der Waals surface area contributed by atoms with Crippen molar-refractivity contribution in [2.24, 2.45) is 0 Å². The summed E-state index contributed by atoms with van der Waals surface area (Å²) in [7, 11) is 2.06. The quantitative estimate of drug-likeness (QED) is 0.898. The van der Waals surface area contributed by atoms with Gasteiger partial charge in [-0.3, -0.25) is 0 Å². The molecule has 1 aromatic rings. The molecule has 1 aromatic carbocycles. The number of benzene rings is 1. The fourth-order valence-electron chi connectivity index (χ4n) is 2.84. The Hall–Kier alpha value is -1.53. The van der Waals surface area contributed by atoms with Crippen LogP contribution in [0.2, 0.25) is 0 Å². The molecule has 3 rings (SSSR count). The highest BCUT2D eigenvalue weighted by atomic mass is 35.5. The lowest BCUT2D eigenvalue weighted by Crippen LogP contribution is -2.46. The first-order chi connectivity index (χ1) is 9.99. The molecule has 1 saturated heterocycles. The number of nitrogens with zero attached hydrogens (tertiary/aromatic N) is 2. The Morgan fingerprint density at radius 1 is 1.32 bits per heavy atom. The lowest BCUT2D eigenvalue weighted by molar-refractivity contribution is -0.176. The molecule has 1 fully saturated rings. The number of fused-ring (bicyclic) bond motifs is 1. The molecule has 0 radical (unpaired) electrons. The number of aliphatic carboxylic acids is 1. The van der Waals surface area contributed by atoms with Gasteiger partial charge in [-0.1, -0.05) is 12.1 Å². The summed E-state index contributed by atoms with van der Waals surface area (Å²) < 4.78 is 19.6. The summed E-state index contributed by atoms with van der Waals surface area (Å²) in [5.74, 6) is -3.78. The highest BCUT2D eigenvalue weighted by Crippen LogP contribution is 2.41. The number of ether oxygens (including phenoxy) is 1. The van der Waals surface area contributed by atoms with E-state index >= 15 is 0 Å². The number of rotatable bonds is 2. The zero-order chi connectivity index (χ0) is 15.0. The Bertz CT molecular complexity index is 564. The summed E-state index contributed by atoms with van der Waals surface area (Å²) in [5, 5.41) is 9.04. The fourth-order valence-corrected chi connectivity index (χ4v) is 2.84. The topological polar surface area (TPSA) is 53.0 Å². The molecule has 0 saturated carbocycles. The minimum atomic E-state index is -2.62. The standard InChI is InChI=1S/C15H19FN2O3.ClH/c1-17-7-9-18(10-8-17)12-4-2-3-11-5-6-15(16,14(19)20)21-13(11)12;/h2-4H,5-10H2,1H3,(H,19,20);1H. The van der Waals surface area contributed by atoms with E-state index in [-0.39, 0.29) is 18.8 Å². The monoisotopic (exact) mass is 330 g/mol. The van der Waals surface area contributed by atoms with E-state index in [0.717, 1.165) is 37.4 Å². The number of likely N-dealkylation sites (N-methyl/N-ethyl adjacent to an activating group) is 1. The number of hydrogen-bond donors (Lipinski definition) is 1. The van der Waals surface area contributed by atoms with Crippen molar-refractivity contribution in [2.75, 3.05) is 38.1 Å². The Balaban J connectivity index is 0.00000176.